The van der Waals surface area contributed by atoms with Crippen molar-refractivity contribution in [1.29, 1.82) is 0 Å². The summed E-state index contributed by atoms with van der Waals surface area (Å²) >= 11 is 0. The van der Waals surface area contributed by atoms with Crippen molar-refractivity contribution in [3.05, 3.63) is 36.1 Å². The lowest BCUT2D eigenvalue weighted by Gasteiger charge is -2.16. The Labute approximate surface area is 110 Å². The molecule has 2 aromatic heterocycles. The largest absolute Gasteiger partial charge is 0.501 e. The molecule has 2 heterocycles. The highest BCUT2D eigenvalue weighted by Crippen LogP contribution is 2.21. The number of fused-ring (bicyclic) bond motifs is 1. The highest BCUT2D eigenvalue weighted by atomic mass is 16.5. The number of hydrogen-bond donors (Lipinski definition) is 2. The van der Waals surface area contributed by atoms with E-state index in [-0.39, 0.29) is 0 Å². The molecule has 2 aromatic rings. The van der Waals surface area contributed by atoms with Crippen LogP contribution in [0.4, 0.5) is 5.82 Å². The van der Waals surface area contributed by atoms with Crippen LogP contribution in [-0.2, 0) is 4.74 Å². The second-order valence-corrected chi connectivity index (χ2v) is 4.29. The summed E-state index contributed by atoms with van der Waals surface area (Å²) in [4.78, 5) is 15.5. The molecule has 0 unspecified atom stereocenters. The average molecular weight is 257 g/mol. The smallest absolute Gasteiger partial charge is 0.182 e. The van der Waals surface area contributed by atoms with Gasteiger partial charge in [0.2, 0.25) is 0 Å². The summed E-state index contributed by atoms with van der Waals surface area (Å²) in [5, 5.41) is 3.31. The van der Waals surface area contributed by atoms with Crippen LogP contribution >= 0.6 is 0 Å². The molecule has 0 saturated carbocycles. The second kappa shape index (κ2) is 5.09. The summed E-state index contributed by atoms with van der Waals surface area (Å²) < 4.78 is 5.40. The summed E-state index contributed by atoms with van der Waals surface area (Å²) in [6.45, 7) is 0.707. The molecule has 0 saturated heterocycles. The van der Waals surface area contributed by atoms with Gasteiger partial charge in [0.05, 0.1) is 13.4 Å². The van der Waals surface area contributed by atoms with Crippen molar-refractivity contribution in [2.45, 2.75) is 12.8 Å². The van der Waals surface area contributed by atoms with Crippen LogP contribution in [0.2, 0.25) is 0 Å². The molecular formula is C13H15N5O. The van der Waals surface area contributed by atoms with E-state index in [0.29, 0.717) is 12.2 Å². The Morgan fingerprint density at radius 1 is 1.26 bits per heavy atom. The Hall–Kier alpha value is -2.37. The Balaban J connectivity index is 1.79. The maximum atomic E-state index is 5.40. The number of allylic oxidation sites excluding steroid dienone is 2. The number of ether oxygens (including phenoxy) is 1. The highest BCUT2D eigenvalue weighted by Gasteiger charge is 2.11. The van der Waals surface area contributed by atoms with Crippen LogP contribution in [0.3, 0.4) is 0 Å². The molecule has 19 heavy (non-hydrogen) atoms. The van der Waals surface area contributed by atoms with Crippen LogP contribution in [0.25, 0.3) is 11.2 Å². The molecule has 98 valence electrons. The fourth-order valence-electron chi connectivity index (χ4n) is 2.16. The lowest BCUT2D eigenvalue weighted by Crippen LogP contribution is -2.11. The third kappa shape index (κ3) is 2.29. The summed E-state index contributed by atoms with van der Waals surface area (Å²) in [7, 11) is 1.71. The van der Waals surface area contributed by atoms with E-state index in [9.17, 15) is 0 Å². The molecule has 0 amide bonds. The standard InChI is InChI=1S/C13H15N5O/c1-19-10-5-3-2-4-9(10)6-14-12-11-13(16-7-15-11)18-8-17-12/h2-3,7-8H,4-6H2,1H3,(H2,14,15,16,17,18). The van der Waals surface area contributed by atoms with Gasteiger partial charge in [-0.2, -0.15) is 0 Å². The zero-order valence-corrected chi connectivity index (χ0v) is 10.7. The summed E-state index contributed by atoms with van der Waals surface area (Å²) in [5.74, 6) is 1.80. The number of hydrogen-bond acceptors (Lipinski definition) is 5. The van der Waals surface area contributed by atoms with Crippen molar-refractivity contribution in [2.24, 2.45) is 0 Å². The molecule has 0 spiro atoms. The van der Waals surface area contributed by atoms with Gasteiger partial charge in [-0.15, -0.1) is 0 Å². The maximum absolute atomic E-state index is 5.40. The van der Waals surface area contributed by atoms with Crippen LogP contribution in [0.15, 0.2) is 36.1 Å². The molecule has 2 N–H and O–H groups in total. The summed E-state index contributed by atoms with van der Waals surface area (Å²) in [6.07, 6.45) is 9.18. The third-order valence-corrected chi connectivity index (χ3v) is 3.17. The third-order valence-electron chi connectivity index (χ3n) is 3.17. The van der Waals surface area contributed by atoms with E-state index in [0.717, 1.165) is 29.9 Å². The van der Waals surface area contributed by atoms with E-state index in [1.807, 2.05) is 0 Å². The highest BCUT2D eigenvalue weighted by molar-refractivity contribution is 5.81. The number of rotatable bonds is 4. The minimum Gasteiger partial charge on any atom is -0.501 e. The fourth-order valence-corrected chi connectivity index (χ4v) is 2.16. The van der Waals surface area contributed by atoms with Gasteiger partial charge in [-0.1, -0.05) is 12.2 Å². The number of nitrogens with one attached hydrogen (secondary N) is 2. The number of imidazole rings is 1. The van der Waals surface area contributed by atoms with E-state index in [2.05, 4.69) is 37.4 Å². The number of nitrogens with zero attached hydrogens (tertiary/aromatic N) is 3. The lowest BCUT2D eigenvalue weighted by molar-refractivity contribution is 0.277. The topological polar surface area (TPSA) is 75.7 Å². The van der Waals surface area contributed by atoms with Gasteiger partial charge >= 0.3 is 0 Å². The van der Waals surface area contributed by atoms with Gasteiger partial charge in [-0.3, -0.25) is 0 Å². The van der Waals surface area contributed by atoms with Gasteiger partial charge < -0.3 is 15.0 Å². The van der Waals surface area contributed by atoms with Crippen molar-refractivity contribution < 1.29 is 4.74 Å². The Morgan fingerprint density at radius 2 is 2.16 bits per heavy atom. The summed E-state index contributed by atoms with van der Waals surface area (Å²) in [6, 6.07) is 0. The number of aromatic nitrogens is 4. The fraction of sp³-hybridized carbons (Fsp3) is 0.308. The van der Waals surface area contributed by atoms with E-state index in [1.165, 1.54) is 11.9 Å². The van der Waals surface area contributed by atoms with E-state index < -0.39 is 0 Å². The van der Waals surface area contributed by atoms with Crippen LogP contribution in [0.1, 0.15) is 12.8 Å². The molecule has 6 heteroatoms. The number of H-pyrrole nitrogens is 1. The van der Waals surface area contributed by atoms with E-state index in [4.69, 9.17) is 4.74 Å². The zero-order valence-electron chi connectivity index (χ0n) is 10.7. The van der Waals surface area contributed by atoms with Crippen molar-refractivity contribution in [3.8, 4) is 0 Å². The molecule has 6 nitrogen and oxygen atoms in total. The molecule has 0 bridgehead atoms. The normalized spacial score (nSPS) is 15.0. The first-order chi connectivity index (χ1) is 9.38. The molecule has 0 radical (unpaired) electrons. The molecule has 3 rings (SSSR count). The molecule has 0 fully saturated rings. The number of anilines is 1. The molecule has 0 atom stereocenters. The van der Waals surface area contributed by atoms with Crippen molar-refractivity contribution >= 4 is 17.0 Å². The first-order valence-electron chi connectivity index (χ1n) is 6.16. The predicted octanol–water partition coefficient (Wildman–Crippen LogP) is 2.02. The molecule has 1 aliphatic carbocycles. The van der Waals surface area contributed by atoms with Crippen molar-refractivity contribution in [3.63, 3.8) is 0 Å². The second-order valence-electron chi connectivity index (χ2n) is 4.29. The first-order valence-corrected chi connectivity index (χ1v) is 6.16. The molecule has 0 aromatic carbocycles. The predicted molar refractivity (Wildman–Crippen MR) is 72.6 cm³/mol. The van der Waals surface area contributed by atoms with E-state index >= 15 is 0 Å². The van der Waals surface area contributed by atoms with Crippen LogP contribution in [0, 0.1) is 0 Å². The lowest BCUT2D eigenvalue weighted by atomic mass is 10.0. The van der Waals surface area contributed by atoms with Crippen LogP contribution in [-0.4, -0.2) is 33.6 Å². The molecular weight excluding hydrogens is 242 g/mol. The van der Waals surface area contributed by atoms with Crippen molar-refractivity contribution in [1.82, 2.24) is 19.9 Å². The monoisotopic (exact) mass is 257 g/mol. The minimum atomic E-state index is 0.669. The Bertz CT molecular complexity index is 643. The van der Waals surface area contributed by atoms with Crippen LogP contribution in [0.5, 0.6) is 0 Å². The number of methoxy groups -OCH3 is 1. The van der Waals surface area contributed by atoms with E-state index in [1.54, 1.807) is 13.4 Å². The maximum Gasteiger partial charge on any atom is 0.182 e. The SMILES string of the molecule is COC1=C(CNc2ncnc3nc[nH]c23)CC=CC1. The van der Waals surface area contributed by atoms with Gasteiger partial charge in [0.1, 0.15) is 17.6 Å². The van der Waals surface area contributed by atoms with Crippen molar-refractivity contribution in [2.75, 3.05) is 19.0 Å². The molecule has 0 aliphatic heterocycles. The number of aromatic amines is 1. The van der Waals surface area contributed by atoms with Gasteiger partial charge in [-0.05, 0) is 12.0 Å². The minimum absolute atomic E-state index is 0.669. The van der Waals surface area contributed by atoms with Gasteiger partial charge in [0, 0.05) is 13.0 Å². The molecule has 1 aliphatic rings. The average Bonchev–Trinajstić information content (AvgIpc) is 2.94. The quantitative estimate of drug-likeness (QED) is 0.819. The Kier molecular flexibility index (Phi) is 3.14. The van der Waals surface area contributed by atoms with Gasteiger partial charge in [-0.25, -0.2) is 15.0 Å². The van der Waals surface area contributed by atoms with Gasteiger partial charge in [0.25, 0.3) is 0 Å². The summed E-state index contributed by atoms with van der Waals surface area (Å²) in [5.41, 5.74) is 2.74. The zero-order chi connectivity index (χ0) is 13.1. The first kappa shape index (κ1) is 11.7. The Morgan fingerprint density at radius 3 is 3.05 bits per heavy atom. The van der Waals surface area contributed by atoms with Gasteiger partial charge in [0.15, 0.2) is 11.5 Å². The van der Waals surface area contributed by atoms with Crippen LogP contribution < -0.4 is 5.32 Å².